The first kappa shape index (κ1) is 13.6. The first-order valence-electron chi connectivity index (χ1n) is 5.76. The van der Waals surface area contributed by atoms with E-state index in [1.165, 1.54) is 36.6 Å². The summed E-state index contributed by atoms with van der Waals surface area (Å²) in [6, 6.07) is 0. The van der Waals surface area contributed by atoms with Gasteiger partial charge < -0.3 is 4.74 Å². The van der Waals surface area contributed by atoms with Gasteiger partial charge in [-0.3, -0.25) is 0 Å². The maximum atomic E-state index is 5.22. The van der Waals surface area contributed by atoms with Crippen LogP contribution in [-0.2, 0) is 4.74 Å². The van der Waals surface area contributed by atoms with Gasteiger partial charge in [-0.1, -0.05) is 29.7 Å². The Morgan fingerprint density at radius 3 is 3.06 bits per heavy atom. The highest BCUT2D eigenvalue weighted by Gasteiger charge is 2.04. The molecule has 1 rings (SSSR count). The van der Waals surface area contributed by atoms with E-state index in [9.17, 15) is 0 Å². The second-order valence-corrected chi connectivity index (χ2v) is 5.63. The van der Waals surface area contributed by atoms with E-state index in [1.54, 1.807) is 0 Å². The fraction of sp³-hybridized carbons (Fsp3) is 0.615. The van der Waals surface area contributed by atoms with Crippen LogP contribution in [0.15, 0.2) is 11.6 Å². The monoisotopic (exact) mass is 254 g/mol. The molecule has 0 heterocycles. The van der Waals surface area contributed by atoms with Gasteiger partial charge in [0.05, 0.1) is 11.9 Å². The Kier molecular flexibility index (Phi) is 6.59. The molecule has 1 aliphatic carbocycles. The van der Waals surface area contributed by atoms with E-state index in [4.69, 9.17) is 17.0 Å². The van der Waals surface area contributed by atoms with Crippen LogP contribution < -0.4 is 0 Å². The van der Waals surface area contributed by atoms with Crippen molar-refractivity contribution in [1.82, 2.24) is 0 Å². The Balaban J connectivity index is 2.38. The SMILES string of the molecule is CCOC(=S)SC(C)C#CC1=CCCCC1. The van der Waals surface area contributed by atoms with Gasteiger partial charge in [0.15, 0.2) is 0 Å². The summed E-state index contributed by atoms with van der Waals surface area (Å²) in [5.74, 6) is 6.46. The lowest BCUT2D eigenvalue weighted by Crippen LogP contribution is -2.02. The van der Waals surface area contributed by atoms with Crippen molar-refractivity contribution in [3.05, 3.63) is 11.6 Å². The van der Waals surface area contributed by atoms with Crippen LogP contribution in [0.1, 0.15) is 39.5 Å². The van der Waals surface area contributed by atoms with Gasteiger partial charge in [-0.15, -0.1) is 0 Å². The van der Waals surface area contributed by atoms with Crippen LogP contribution >= 0.6 is 24.0 Å². The zero-order chi connectivity index (χ0) is 11.8. The van der Waals surface area contributed by atoms with E-state index in [1.807, 2.05) is 6.92 Å². The number of ether oxygens (including phenoxy) is 1. The van der Waals surface area contributed by atoms with Crippen molar-refractivity contribution in [3.8, 4) is 11.8 Å². The van der Waals surface area contributed by atoms with Crippen LogP contribution in [0.25, 0.3) is 0 Å². The van der Waals surface area contributed by atoms with Crippen LogP contribution in [-0.4, -0.2) is 16.2 Å². The molecule has 0 saturated carbocycles. The maximum Gasteiger partial charge on any atom is 0.221 e. The first-order chi connectivity index (χ1) is 7.72. The largest absolute Gasteiger partial charge is 0.479 e. The third kappa shape index (κ3) is 5.58. The van der Waals surface area contributed by atoms with Crippen molar-refractivity contribution in [2.75, 3.05) is 6.61 Å². The molecule has 0 saturated heterocycles. The van der Waals surface area contributed by atoms with Crippen molar-refractivity contribution in [2.45, 2.75) is 44.8 Å². The Bertz CT molecular complexity index is 323. The topological polar surface area (TPSA) is 9.23 Å². The predicted octanol–water partition coefficient (Wildman–Crippen LogP) is 3.93. The summed E-state index contributed by atoms with van der Waals surface area (Å²) in [6.45, 7) is 4.64. The average molecular weight is 254 g/mol. The molecule has 0 fully saturated rings. The third-order valence-electron chi connectivity index (χ3n) is 2.26. The third-order valence-corrected chi connectivity index (χ3v) is 3.45. The van der Waals surface area contributed by atoms with Gasteiger partial charge in [0.1, 0.15) is 0 Å². The maximum absolute atomic E-state index is 5.22. The van der Waals surface area contributed by atoms with E-state index in [0.717, 1.165) is 6.42 Å². The number of allylic oxidation sites excluding steroid dienone is 2. The molecule has 0 N–H and O–H groups in total. The molecule has 0 aromatic rings. The van der Waals surface area contributed by atoms with E-state index in [-0.39, 0.29) is 5.25 Å². The minimum Gasteiger partial charge on any atom is -0.479 e. The lowest BCUT2D eigenvalue weighted by Gasteiger charge is -2.07. The van der Waals surface area contributed by atoms with Crippen molar-refractivity contribution in [3.63, 3.8) is 0 Å². The van der Waals surface area contributed by atoms with Gasteiger partial charge in [0.2, 0.25) is 4.38 Å². The van der Waals surface area contributed by atoms with E-state index < -0.39 is 0 Å². The summed E-state index contributed by atoms with van der Waals surface area (Å²) < 4.78 is 5.82. The molecule has 0 bridgehead atoms. The van der Waals surface area contributed by atoms with Crippen molar-refractivity contribution >= 4 is 28.4 Å². The van der Waals surface area contributed by atoms with Gasteiger partial charge in [-0.05, 0) is 57.3 Å². The van der Waals surface area contributed by atoms with Crippen LogP contribution in [0.5, 0.6) is 0 Å². The summed E-state index contributed by atoms with van der Waals surface area (Å²) in [4.78, 5) is 0. The lowest BCUT2D eigenvalue weighted by molar-refractivity contribution is 0.346. The van der Waals surface area contributed by atoms with Gasteiger partial charge in [-0.25, -0.2) is 0 Å². The summed E-state index contributed by atoms with van der Waals surface area (Å²) in [5, 5.41) is 0.210. The van der Waals surface area contributed by atoms with Crippen LogP contribution in [0.4, 0.5) is 0 Å². The lowest BCUT2D eigenvalue weighted by atomic mass is 10.0. The van der Waals surface area contributed by atoms with Gasteiger partial charge in [0.25, 0.3) is 0 Å². The van der Waals surface area contributed by atoms with Gasteiger partial charge in [-0.2, -0.15) is 0 Å². The Labute approximate surface area is 108 Å². The molecular weight excluding hydrogens is 236 g/mol. The molecule has 0 aromatic heterocycles. The molecule has 0 spiro atoms. The average Bonchev–Trinajstić information content (AvgIpc) is 2.28. The first-order valence-corrected chi connectivity index (χ1v) is 7.05. The normalized spacial score (nSPS) is 16.8. The van der Waals surface area contributed by atoms with E-state index in [0.29, 0.717) is 11.0 Å². The van der Waals surface area contributed by atoms with Crippen molar-refractivity contribution in [1.29, 1.82) is 0 Å². The van der Waals surface area contributed by atoms with E-state index >= 15 is 0 Å². The predicted molar refractivity (Wildman–Crippen MR) is 75.6 cm³/mol. The minimum atomic E-state index is 0.210. The van der Waals surface area contributed by atoms with Crippen molar-refractivity contribution < 1.29 is 4.74 Å². The Morgan fingerprint density at radius 2 is 2.44 bits per heavy atom. The molecule has 88 valence electrons. The fourth-order valence-electron chi connectivity index (χ4n) is 1.47. The smallest absolute Gasteiger partial charge is 0.221 e. The van der Waals surface area contributed by atoms with Crippen LogP contribution in [0.2, 0.25) is 0 Å². The highest BCUT2D eigenvalue weighted by Crippen LogP contribution is 2.17. The molecule has 1 nitrogen and oxygen atoms in total. The number of thioether (sulfide) groups is 1. The Morgan fingerprint density at radius 1 is 1.62 bits per heavy atom. The summed E-state index contributed by atoms with van der Waals surface area (Å²) in [6.07, 6.45) is 7.17. The molecule has 0 aliphatic heterocycles. The number of hydrogen-bond acceptors (Lipinski definition) is 3. The molecule has 0 amide bonds. The molecule has 3 heteroatoms. The quantitative estimate of drug-likeness (QED) is 0.546. The Hall–Kier alpha value is -0.460. The summed E-state index contributed by atoms with van der Waals surface area (Å²) in [7, 11) is 0. The number of hydrogen-bond donors (Lipinski definition) is 0. The molecule has 1 aliphatic rings. The zero-order valence-corrected chi connectivity index (χ0v) is 11.5. The fourth-order valence-corrected chi connectivity index (χ4v) is 2.61. The van der Waals surface area contributed by atoms with Crippen LogP contribution in [0.3, 0.4) is 0 Å². The van der Waals surface area contributed by atoms with Gasteiger partial charge >= 0.3 is 0 Å². The summed E-state index contributed by atoms with van der Waals surface area (Å²) in [5.41, 5.74) is 1.29. The molecule has 0 aromatic carbocycles. The molecule has 0 radical (unpaired) electrons. The molecule has 1 unspecified atom stereocenters. The minimum absolute atomic E-state index is 0.210. The molecule has 16 heavy (non-hydrogen) atoms. The molecular formula is C13H18OS2. The highest BCUT2D eigenvalue weighted by atomic mass is 32.2. The highest BCUT2D eigenvalue weighted by molar-refractivity contribution is 8.23. The summed E-state index contributed by atoms with van der Waals surface area (Å²) >= 11 is 6.58. The van der Waals surface area contributed by atoms with E-state index in [2.05, 4.69) is 24.8 Å². The number of rotatable bonds is 2. The van der Waals surface area contributed by atoms with Crippen LogP contribution in [0, 0.1) is 11.8 Å². The zero-order valence-electron chi connectivity index (χ0n) is 9.91. The van der Waals surface area contributed by atoms with Gasteiger partial charge in [0, 0.05) is 0 Å². The van der Waals surface area contributed by atoms with Crippen molar-refractivity contribution in [2.24, 2.45) is 0 Å². The molecule has 1 atom stereocenters. The second-order valence-electron chi connectivity index (χ2n) is 3.69. The standard InChI is InChI=1S/C13H18OS2/c1-3-14-13(15)16-11(2)9-10-12-7-5-4-6-8-12/h7,11H,3-6,8H2,1-2H3. The second kappa shape index (κ2) is 7.76. The number of thiocarbonyl (C=S) groups is 1.